The molecular formula is C13H22N2O3. The van der Waals surface area contributed by atoms with E-state index in [1.165, 1.54) is 0 Å². The van der Waals surface area contributed by atoms with E-state index < -0.39 is 5.97 Å². The maximum atomic E-state index is 12.5. The molecule has 1 N–H and O–H groups in total. The molecule has 5 nitrogen and oxygen atoms in total. The van der Waals surface area contributed by atoms with Gasteiger partial charge in [0, 0.05) is 25.0 Å². The van der Waals surface area contributed by atoms with Crippen molar-refractivity contribution in [3.63, 3.8) is 0 Å². The van der Waals surface area contributed by atoms with Gasteiger partial charge in [-0.2, -0.15) is 0 Å². The average molecular weight is 254 g/mol. The van der Waals surface area contributed by atoms with Crippen molar-refractivity contribution < 1.29 is 14.7 Å². The Kier molecular flexibility index (Phi) is 3.90. The summed E-state index contributed by atoms with van der Waals surface area (Å²) in [6, 6.07) is 0.485. The summed E-state index contributed by atoms with van der Waals surface area (Å²) < 4.78 is 0. The van der Waals surface area contributed by atoms with Crippen LogP contribution in [-0.4, -0.2) is 58.5 Å². The van der Waals surface area contributed by atoms with Gasteiger partial charge < -0.3 is 10.0 Å². The lowest BCUT2D eigenvalue weighted by Gasteiger charge is -2.30. The summed E-state index contributed by atoms with van der Waals surface area (Å²) in [5.74, 6) is -0.698. The number of aliphatic carboxylic acids is 1. The highest BCUT2D eigenvalue weighted by Gasteiger charge is 2.40. The summed E-state index contributed by atoms with van der Waals surface area (Å²) in [4.78, 5) is 27.2. The molecule has 2 rings (SSSR count). The minimum atomic E-state index is -0.828. The van der Waals surface area contributed by atoms with E-state index in [1.807, 2.05) is 16.8 Å². The van der Waals surface area contributed by atoms with Crippen LogP contribution in [0.5, 0.6) is 0 Å². The minimum absolute atomic E-state index is 0.0615. The van der Waals surface area contributed by atoms with Gasteiger partial charge in [0.25, 0.3) is 0 Å². The van der Waals surface area contributed by atoms with Gasteiger partial charge in [-0.25, -0.2) is 0 Å². The van der Waals surface area contributed by atoms with Crippen LogP contribution in [0.2, 0.25) is 0 Å². The van der Waals surface area contributed by atoms with E-state index in [9.17, 15) is 9.59 Å². The van der Waals surface area contributed by atoms with Gasteiger partial charge in [-0.3, -0.25) is 14.5 Å². The van der Waals surface area contributed by atoms with Gasteiger partial charge in [0.2, 0.25) is 5.91 Å². The first-order valence-corrected chi connectivity index (χ1v) is 6.75. The Morgan fingerprint density at radius 1 is 1.39 bits per heavy atom. The summed E-state index contributed by atoms with van der Waals surface area (Å²) in [7, 11) is 1.94. The highest BCUT2D eigenvalue weighted by molar-refractivity contribution is 5.83. The van der Waals surface area contributed by atoms with E-state index in [-0.39, 0.29) is 18.4 Å². The Morgan fingerprint density at radius 3 is 2.61 bits per heavy atom. The number of likely N-dealkylation sites (N-methyl/N-ethyl adjacent to an activating group) is 1. The predicted octanol–water partition coefficient (Wildman–Crippen LogP) is 0.935. The fourth-order valence-corrected chi connectivity index (χ4v) is 2.65. The van der Waals surface area contributed by atoms with E-state index in [1.54, 1.807) is 0 Å². The van der Waals surface area contributed by atoms with E-state index in [2.05, 4.69) is 6.92 Å². The molecule has 0 aromatic rings. The normalized spacial score (nSPS) is 30.3. The van der Waals surface area contributed by atoms with Crippen LogP contribution in [-0.2, 0) is 9.59 Å². The SMILES string of the molecule is CC1CCN(C2CC2)C(=O)C(CCC(=O)O)N1C. The third kappa shape index (κ3) is 2.83. The van der Waals surface area contributed by atoms with Gasteiger partial charge in [0.05, 0.1) is 6.04 Å². The van der Waals surface area contributed by atoms with Crippen LogP contribution < -0.4 is 0 Å². The zero-order chi connectivity index (χ0) is 13.3. The van der Waals surface area contributed by atoms with Gasteiger partial charge in [-0.15, -0.1) is 0 Å². The standard InChI is InChI=1S/C13H22N2O3/c1-9-7-8-15(10-3-4-10)13(18)11(14(9)2)5-6-12(16)17/h9-11H,3-8H2,1-2H3,(H,16,17). The Morgan fingerprint density at radius 2 is 2.06 bits per heavy atom. The van der Waals surface area contributed by atoms with Crippen molar-refractivity contribution in [2.24, 2.45) is 0 Å². The molecule has 2 aliphatic rings. The lowest BCUT2D eigenvalue weighted by Crippen LogP contribution is -2.47. The summed E-state index contributed by atoms with van der Waals surface area (Å²) in [6.07, 6.45) is 3.66. The number of carboxylic acid groups (broad SMARTS) is 1. The number of carbonyl (C=O) groups is 2. The molecule has 2 unspecified atom stereocenters. The topological polar surface area (TPSA) is 60.9 Å². The number of carboxylic acids is 1. The fraction of sp³-hybridized carbons (Fsp3) is 0.846. The fourth-order valence-electron chi connectivity index (χ4n) is 2.65. The largest absolute Gasteiger partial charge is 0.481 e. The Labute approximate surface area is 108 Å². The molecule has 0 aromatic carbocycles. The molecule has 0 spiro atoms. The van der Waals surface area contributed by atoms with Crippen molar-refractivity contribution in [3.8, 4) is 0 Å². The third-order valence-corrected chi connectivity index (χ3v) is 4.16. The lowest BCUT2D eigenvalue weighted by molar-refractivity contribution is -0.139. The van der Waals surface area contributed by atoms with Gasteiger partial charge in [-0.05, 0) is 39.7 Å². The van der Waals surface area contributed by atoms with Gasteiger partial charge in [0.15, 0.2) is 0 Å². The first kappa shape index (κ1) is 13.3. The number of hydrogen-bond acceptors (Lipinski definition) is 3. The van der Waals surface area contributed by atoms with Crippen molar-refractivity contribution >= 4 is 11.9 Å². The number of rotatable bonds is 4. The zero-order valence-electron chi connectivity index (χ0n) is 11.1. The van der Waals surface area contributed by atoms with Crippen LogP contribution in [0.25, 0.3) is 0 Å². The van der Waals surface area contributed by atoms with Crippen LogP contribution in [0, 0.1) is 0 Å². The maximum Gasteiger partial charge on any atom is 0.303 e. The van der Waals surface area contributed by atoms with E-state index >= 15 is 0 Å². The predicted molar refractivity (Wildman–Crippen MR) is 67.2 cm³/mol. The van der Waals surface area contributed by atoms with Crippen LogP contribution in [0.3, 0.4) is 0 Å². The van der Waals surface area contributed by atoms with Gasteiger partial charge in [0.1, 0.15) is 0 Å². The molecule has 1 heterocycles. The van der Waals surface area contributed by atoms with Crippen LogP contribution in [0.1, 0.15) is 39.0 Å². The number of hydrogen-bond donors (Lipinski definition) is 1. The molecule has 18 heavy (non-hydrogen) atoms. The second-order valence-corrected chi connectivity index (χ2v) is 5.51. The quantitative estimate of drug-likeness (QED) is 0.811. The monoisotopic (exact) mass is 254 g/mol. The Balaban J connectivity index is 2.09. The van der Waals surface area contributed by atoms with Crippen LogP contribution >= 0.6 is 0 Å². The highest BCUT2D eigenvalue weighted by Crippen LogP contribution is 2.31. The first-order chi connectivity index (χ1) is 8.50. The van der Waals surface area contributed by atoms with Crippen molar-refractivity contribution in [1.29, 1.82) is 0 Å². The Bertz CT molecular complexity index is 341. The first-order valence-electron chi connectivity index (χ1n) is 6.75. The van der Waals surface area contributed by atoms with Crippen molar-refractivity contribution in [2.75, 3.05) is 13.6 Å². The van der Waals surface area contributed by atoms with Crippen molar-refractivity contribution in [1.82, 2.24) is 9.80 Å². The van der Waals surface area contributed by atoms with Crippen molar-refractivity contribution in [3.05, 3.63) is 0 Å². The molecule has 1 saturated carbocycles. The molecular weight excluding hydrogens is 232 g/mol. The van der Waals surface area contributed by atoms with E-state index in [0.717, 1.165) is 25.8 Å². The number of nitrogens with zero attached hydrogens (tertiary/aromatic N) is 2. The molecule has 2 fully saturated rings. The second kappa shape index (κ2) is 5.26. The molecule has 0 radical (unpaired) electrons. The summed E-state index contributed by atoms with van der Waals surface area (Å²) >= 11 is 0. The summed E-state index contributed by atoms with van der Waals surface area (Å²) in [6.45, 7) is 2.93. The smallest absolute Gasteiger partial charge is 0.303 e. The molecule has 5 heteroatoms. The summed E-state index contributed by atoms with van der Waals surface area (Å²) in [5.41, 5.74) is 0. The lowest BCUT2D eigenvalue weighted by atomic mass is 10.1. The molecule has 1 aliphatic heterocycles. The highest BCUT2D eigenvalue weighted by atomic mass is 16.4. The van der Waals surface area contributed by atoms with E-state index in [4.69, 9.17) is 5.11 Å². The average Bonchev–Trinajstić information content (AvgIpc) is 3.12. The molecule has 0 bridgehead atoms. The van der Waals surface area contributed by atoms with Crippen LogP contribution in [0.15, 0.2) is 0 Å². The molecule has 2 atom stereocenters. The Hall–Kier alpha value is -1.10. The van der Waals surface area contributed by atoms with E-state index in [0.29, 0.717) is 18.5 Å². The molecule has 0 aromatic heterocycles. The molecule has 1 saturated heterocycles. The maximum absolute atomic E-state index is 12.5. The van der Waals surface area contributed by atoms with Gasteiger partial charge >= 0.3 is 5.97 Å². The number of carbonyl (C=O) groups excluding carboxylic acids is 1. The van der Waals surface area contributed by atoms with Crippen molar-refractivity contribution in [2.45, 2.75) is 57.2 Å². The van der Waals surface area contributed by atoms with Gasteiger partial charge in [-0.1, -0.05) is 0 Å². The second-order valence-electron chi connectivity index (χ2n) is 5.51. The third-order valence-electron chi connectivity index (χ3n) is 4.16. The minimum Gasteiger partial charge on any atom is -0.481 e. The van der Waals surface area contributed by atoms with Crippen LogP contribution in [0.4, 0.5) is 0 Å². The molecule has 102 valence electrons. The molecule has 1 aliphatic carbocycles. The molecule has 1 amide bonds. The zero-order valence-corrected chi connectivity index (χ0v) is 11.1. The summed E-state index contributed by atoms with van der Waals surface area (Å²) in [5, 5.41) is 8.80. The number of amides is 1.